The molecule has 5 aromatic rings. The lowest BCUT2D eigenvalue weighted by Gasteiger charge is -2.24. The number of methoxy groups -OCH3 is 2. The third-order valence-corrected chi connectivity index (χ3v) is 6.96. The molecule has 0 fully saturated rings. The van der Waals surface area contributed by atoms with Crippen LogP contribution in [0.2, 0.25) is 0 Å². The zero-order valence-corrected chi connectivity index (χ0v) is 24.7. The molecule has 2 N–H and O–H groups in total. The predicted octanol–water partition coefficient (Wildman–Crippen LogP) is 6.36. The first-order chi connectivity index (χ1) is 20.3. The van der Waals surface area contributed by atoms with Gasteiger partial charge in [-0.1, -0.05) is 48.5 Å². The maximum atomic E-state index is 13.2. The topological polar surface area (TPSA) is 103 Å². The number of carbonyl (C=O) groups is 1. The fraction of sp³-hybridized carbons (Fsp3) is 0.303. The third kappa shape index (κ3) is 6.57. The number of fused-ring (bicyclic) bond motifs is 1. The van der Waals surface area contributed by atoms with Crippen LogP contribution in [0.25, 0.3) is 16.6 Å². The summed E-state index contributed by atoms with van der Waals surface area (Å²) in [6, 6.07) is 23.4. The highest BCUT2D eigenvalue weighted by atomic mass is 16.6. The Bertz CT molecular complexity index is 1650. The van der Waals surface area contributed by atoms with Gasteiger partial charge in [-0.15, -0.1) is 10.2 Å². The van der Waals surface area contributed by atoms with Crippen LogP contribution in [-0.4, -0.2) is 45.7 Å². The monoisotopic (exact) mass is 567 g/mol. The standard InChI is InChI=1S/C33H37N5O4/c1-33(2,3)42-32(39)35-27(19-23-21-34-26-14-10-9-13-25(23)26)31-37-36-30(18-15-22-11-7-6-8-12-22)38(31)28-17-16-24(40-4)20-29(28)41-5/h6-14,16-17,20-21,27,34H,15,18-19H2,1-5H3,(H,35,39)/t27-/m1/s1. The van der Waals surface area contributed by atoms with Crippen molar-refractivity contribution in [1.82, 2.24) is 25.1 Å². The van der Waals surface area contributed by atoms with Crippen molar-refractivity contribution in [3.05, 3.63) is 102 Å². The number of nitrogens with zero attached hydrogens (tertiary/aromatic N) is 3. The van der Waals surface area contributed by atoms with Crippen LogP contribution in [-0.2, 0) is 24.0 Å². The fourth-order valence-corrected chi connectivity index (χ4v) is 5.03. The number of aryl methyl sites for hydroxylation is 2. The summed E-state index contributed by atoms with van der Waals surface area (Å²) in [5, 5.41) is 13.5. The Balaban J connectivity index is 1.61. The maximum Gasteiger partial charge on any atom is 0.408 e. The quantitative estimate of drug-likeness (QED) is 0.204. The van der Waals surface area contributed by atoms with Crippen LogP contribution in [0.4, 0.5) is 4.79 Å². The van der Waals surface area contributed by atoms with E-state index in [-0.39, 0.29) is 0 Å². The molecule has 0 saturated carbocycles. The van der Waals surface area contributed by atoms with E-state index in [0.29, 0.717) is 30.2 Å². The minimum atomic E-state index is -0.664. The second kappa shape index (κ2) is 12.4. The molecule has 0 unspecified atom stereocenters. The Labute approximate surface area is 245 Å². The Morgan fingerprint density at radius 3 is 2.45 bits per heavy atom. The molecule has 0 bridgehead atoms. The van der Waals surface area contributed by atoms with Crippen LogP contribution < -0.4 is 14.8 Å². The first-order valence-corrected chi connectivity index (χ1v) is 14.0. The lowest BCUT2D eigenvalue weighted by molar-refractivity contribution is 0.0500. The minimum Gasteiger partial charge on any atom is -0.497 e. The summed E-state index contributed by atoms with van der Waals surface area (Å²) in [7, 11) is 3.24. The van der Waals surface area contributed by atoms with Gasteiger partial charge in [-0.3, -0.25) is 4.57 Å². The molecule has 9 heteroatoms. The van der Waals surface area contributed by atoms with Gasteiger partial charge in [-0.2, -0.15) is 0 Å². The molecule has 3 aromatic carbocycles. The summed E-state index contributed by atoms with van der Waals surface area (Å²) < 4.78 is 18.9. The van der Waals surface area contributed by atoms with Crippen molar-refractivity contribution in [2.75, 3.05) is 14.2 Å². The molecule has 0 saturated heterocycles. The van der Waals surface area contributed by atoms with Gasteiger partial charge in [-0.25, -0.2) is 4.79 Å². The molecule has 1 atom stereocenters. The Hall–Kier alpha value is -4.79. The molecule has 0 aliphatic rings. The molecule has 2 aromatic heterocycles. The van der Waals surface area contributed by atoms with Gasteiger partial charge in [0.1, 0.15) is 22.9 Å². The zero-order chi connectivity index (χ0) is 29.7. The van der Waals surface area contributed by atoms with Crippen molar-refractivity contribution >= 4 is 17.0 Å². The molecule has 42 heavy (non-hydrogen) atoms. The minimum absolute atomic E-state index is 0.457. The summed E-state index contributed by atoms with van der Waals surface area (Å²) in [6.07, 6.45) is 3.29. The van der Waals surface area contributed by atoms with Crippen molar-refractivity contribution < 1.29 is 19.0 Å². The van der Waals surface area contributed by atoms with Crippen molar-refractivity contribution in [2.24, 2.45) is 0 Å². The van der Waals surface area contributed by atoms with Crippen LogP contribution >= 0.6 is 0 Å². The van der Waals surface area contributed by atoms with Crippen molar-refractivity contribution in [2.45, 2.75) is 51.7 Å². The van der Waals surface area contributed by atoms with E-state index in [2.05, 4.69) is 38.7 Å². The van der Waals surface area contributed by atoms with E-state index >= 15 is 0 Å². The Morgan fingerprint density at radius 1 is 0.952 bits per heavy atom. The largest absolute Gasteiger partial charge is 0.497 e. The summed E-state index contributed by atoms with van der Waals surface area (Å²) in [6.45, 7) is 5.52. The third-order valence-electron chi connectivity index (χ3n) is 6.96. The van der Waals surface area contributed by atoms with Gasteiger partial charge in [0.05, 0.1) is 25.9 Å². The molecule has 0 aliphatic carbocycles. The zero-order valence-electron chi connectivity index (χ0n) is 24.7. The van der Waals surface area contributed by atoms with Crippen molar-refractivity contribution in [3.63, 3.8) is 0 Å². The molecule has 0 spiro atoms. The number of rotatable bonds is 10. The highest BCUT2D eigenvalue weighted by Crippen LogP contribution is 2.33. The summed E-state index contributed by atoms with van der Waals surface area (Å²) in [4.78, 5) is 16.5. The first kappa shape index (κ1) is 28.7. The van der Waals surface area contributed by atoms with E-state index in [4.69, 9.17) is 14.2 Å². The number of nitrogens with one attached hydrogen (secondary N) is 2. The van der Waals surface area contributed by atoms with Gasteiger partial charge < -0.3 is 24.5 Å². The molecular formula is C33H37N5O4. The fourth-order valence-electron chi connectivity index (χ4n) is 5.03. The van der Waals surface area contributed by atoms with E-state index in [1.807, 2.05) is 86.1 Å². The normalized spacial score (nSPS) is 12.2. The van der Waals surface area contributed by atoms with Crippen LogP contribution in [0.1, 0.15) is 49.6 Å². The van der Waals surface area contributed by atoms with Gasteiger partial charge in [0, 0.05) is 36.0 Å². The van der Waals surface area contributed by atoms with E-state index in [0.717, 1.165) is 34.4 Å². The van der Waals surface area contributed by atoms with Crippen LogP contribution in [0.15, 0.2) is 79.0 Å². The Kier molecular flexibility index (Phi) is 8.47. The number of benzene rings is 3. The van der Waals surface area contributed by atoms with Gasteiger partial charge in [0.2, 0.25) is 0 Å². The molecular weight excluding hydrogens is 530 g/mol. The van der Waals surface area contributed by atoms with E-state index in [1.165, 1.54) is 5.56 Å². The maximum absolute atomic E-state index is 13.2. The second-order valence-corrected chi connectivity index (χ2v) is 11.1. The molecule has 1 amide bonds. The number of ether oxygens (including phenoxy) is 3. The van der Waals surface area contributed by atoms with Crippen LogP contribution in [0.5, 0.6) is 11.5 Å². The molecule has 218 valence electrons. The molecule has 9 nitrogen and oxygen atoms in total. The summed E-state index contributed by atoms with van der Waals surface area (Å²) >= 11 is 0. The highest BCUT2D eigenvalue weighted by molar-refractivity contribution is 5.83. The first-order valence-electron chi connectivity index (χ1n) is 14.0. The number of alkyl carbamates (subject to hydrolysis) is 1. The smallest absolute Gasteiger partial charge is 0.408 e. The van der Waals surface area contributed by atoms with E-state index in [1.54, 1.807) is 14.2 Å². The lowest BCUT2D eigenvalue weighted by atomic mass is 10.0. The number of hydrogen-bond acceptors (Lipinski definition) is 6. The van der Waals surface area contributed by atoms with Crippen molar-refractivity contribution in [1.29, 1.82) is 0 Å². The second-order valence-electron chi connectivity index (χ2n) is 11.1. The molecule has 0 aliphatic heterocycles. The van der Waals surface area contributed by atoms with Crippen LogP contribution in [0, 0.1) is 0 Å². The van der Waals surface area contributed by atoms with Crippen LogP contribution in [0.3, 0.4) is 0 Å². The van der Waals surface area contributed by atoms with Crippen molar-refractivity contribution in [3.8, 4) is 17.2 Å². The SMILES string of the molecule is COc1ccc(-n2c(CCc3ccccc3)nnc2[C@@H](Cc2c[nH]c3ccccc23)NC(=O)OC(C)(C)C)c(OC)c1. The molecule has 2 heterocycles. The van der Waals surface area contributed by atoms with Gasteiger partial charge in [0.15, 0.2) is 5.82 Å². The van der Waals surface area contributed by atoms with Gasteiger partial charge >= 0.3 is 6.09 Å². The number of aromatic nitrogens is 4. The predicted molar refractivity (Wildman–Crippen MR) is 162 cm³/mol. The Morgan fingerprint density at radius 2 is 1.71 bits per heavy atom. The number of para-hydroxylation sites is 1. The average molecular weight is 568 g/mol. The number of amides is 1. The van der Waals surface area contributed by atoms with E-state index < -0.39 is 17.7 Å². The summed E-state index contributed by atoms with van der Waals surface area (Å²) in [5.74, 6) is 2.57. The number of hydrogen-bond donors (Lipinski definition) is 2. The molecule has 5 rings (SSSR count). The molecule has 0 radical (unpaired) electrons. The lowest BCUT2D eigenvalue weighted by Crippen LogP contribution is -2.37. The summed E-state index contributed by atoms with van der Waals surface area (Å²) in [5.41, 5.74) is 3.33. The average Bonchev–Trinajstić information content (AvgIpc) is 3.59. The number of aromatic amines is 1. The highest BCUT2D eigenvalue weighted by Gasteiger charge is 2.28. The number of carbonyl (C=O) groups excluding carboxylic acids is 1. The van der Waals surface area contributed by atoms with Gasteiger partial charge in [-0.05, 0) is 56.5 Å². The number of H-pyrrole nitrogens is 1. The van der Waals surface area contributed by atoms with E-state index in [9.17, 15) is 4.79 Å². The van der Waals surface area contributed by atoms with Gasteiger partial charge in [0.25, 0.3) is 0 Å².